The lowest BCUT2D eigenvalue weighted by molar-refractivity contribution is 0.626. The van der Waals surface area contributed by atoms with Gasteiger partial charge in [-0.15, -0.1) is 0 Å². The summed E-state index contributed by atoms with van der Waals surface area (Å²) in [6, 6.07) is 0. The minimum atomic E-state index is -2.11. The molecule has 0 aromatic rings. The van der Waals surface area contributed by atoms with Crippen LogP contribution in [0.15, 0.2) is 18.2 Å². The van der Waals surface area contributed by atoms with Gasteiger partial charge < -0.3 is 0 Å². The first kappa shape index (κ1) is 7.28. The normalized spacial score (nSPS) is 23.3. The maximum absolute atomic E-state index is 10.4. The van der Waals surface area contributed by atoms with Gasteiger partial charge in [0.15, 0.2) is 0 Å². The fourth-order valence-corrected chi connectivity index (χ4v) is 1.32. The molecule has 10 heavy (non-hydrogen) atoms. The van der Waals surface area contributed by atoms with Crippen molar-refractivity contribution in [3.63, 3.8) is 0 Å². The molecular weight excluding hydrogens is 148 g/mol. The number of hydrogen-bond donors (Lipinski definition) is 0. The van der Waals surface area contributed by atoms with Crippen LogP contribution < -0.4 is 0 Å². The van der Waals surface area contributed by atoms with E-state index >= 15 is 0 Å². The molecule has 0 aliphatic heterocycles. The van der Waals surface area contributed by atoms with Gasteiger partial charge in [0.1, 0.15) is 0 Å². The van der Waals surface area contributed by atoms with E-state index in [4.69, 9.17) is 0 Å². The standard InChI is InChI=1S/C7H7O2S/c1-6-4-2-3-5-7(6)10(8)9/h2-4,6H,1H3. The van der Waals surface area contributed by atoms with Crippen molar-refractivity contribution >= 4 is 15.2 Å². The lowest BCUT2D eigenvalue weighted by Crippen LogP contribution is -2.09. The highest BCUT2D eigenvalue weighted by atomic mass is 32.2. The minimum absolute atomic E-state index is 0.0247. The largest absolute Gasteiger partial charge is 0.218 e. The van der Waals surface area contributed by atoms with Crippen molar-refractivity contribution in [3.05, 3.63) is 24.3 Å². The Morgan fingerprint density at radius 3 is 2.70 bits per heavy atom. The zero-order valence-corrected chi connectivity index (χ0v) is 6.35. The second kappa shape index (κ2) is 2.84. The van der Waals surface area contributed by atoms with Crippen LogP contribution in [0.5, 0.6) is 0 Å². The molecule has 1 atom stereocenters. The molecule has 0 fully saturated rings. The first-order valence-corrected chi connectivity index (χ1v) is 4.02. The molecule has 0 amide bonds. The second-order valence-electron chi connectivity index (χ2n) is 2.08. The zero-order chi connectivity index (χ0) is 7.56. The SMILES string of the molecule is CC1C=CC=[C]C1=S(=O)=O. The maximum atomic E-state index is 10.4. The molecule has 53 valence electrons. The number of hydrogen-bond acceptors (Lipinski definition) is 2. The number of rotatable bonds is 0. The van der Waals surface area contributed by atoms with Gasteiger partial charge in [-0.05, 0) is 0 Å². The number of allylic oxidation sites excluding steroid dienone is 4. The zero-order valence-electron chi connectivity index (χ0n) is 5.53. The molecule has 0 bridgehead atoms. The van der Waals surface area contributed by atoms with E-state index in [2.05, 4.69) is 6.08 Å². The quantitative estimate of drug-likeness (QED) is 0.480. The van der Waals surface area contributed by atoms with Crippen LogP contribution in [0.25, 0.3) is 0 Å². The predicted octanol–water partition coefficient (Wildman–Crippen LogP) is 0.603. The first-order valence-electron chi connectivity index (χ1n) is 2.94. The van der Waals surface area contributed by atoms with Gasteiger partial charge in [-0.1, -0.05) is 25.2 Å². The van der Waals surface area contributed by atoms with E-state index in [1.807, 2.05) is 13.0 Å². The van der Waals surface area contributed by atoms with E-state index in [1.54, 1.807) is 12.2 Å². The van der Waals surface area contributed by atoms with Gasteiger partial charge in [0.05, 0.1) is 4.86 Å². The highest BCUT2D eigenvalue weighted by Gasteiger charge is 2.07. The molecule has 0 saturated heterocycles. The van der Waals surface area contributed by atoms with Gasteiger partial charge >= 0.3 is 0 Å². The van der Waals surface area contributed by atoms with Gasteiger partial charge in [0, 0.05) is 12.0 Å². The second-order valence-corrected chi connectivity index (χ2v) is 2.99. The molecule has 0 N–H and O–H groups in total. The predicted molar refractivity (Wildman–Crippen MR) is 40.0 cm³/mol. The van der Waals surface area contributed by atoms with Crippen LogP contribution in [-0.4, -0.2) is 13.3 Å². The van der Waals surface area contributed by atoms with Gasteiger partial charge in [0.2, 0.25) is 10.3 Å². The van der Waals surface area contributed by atoms with Crippen LogP contribution in [-0.2, 0) is 10.3 Å². The fourth-order valence-electron chi connectivity index (χ4n) is 0.771. The molecule has 3 heteroatoms. The Hall–Kier alpha value is -0.830. The molecule has 1 aliphatic carbocycles. The van der Waals surface area contributed by atoms with Gasteiger partial charge in [-0.3, -0.25) is 0 Å². The van der Waals surface area contributed by atoms with Gasteiger partial charge in [-0.2, -0.15) is 8.42 Å². The Kier molecular flexibility index (Phi) is 2.06. The van der Waals surface area contributed by atoms with Crippen LogP contribution in [0.3, 0.4) is 0 Å². The van der Waals surface area contributed by atoms with Crippen LogP contribution in [0.4, 0.5) is 0 Å². The summed E-state index contributed by atoms with van der Waals surface area (Å²) in [7, 11) is -2.11. The monoisotopic (exact) mass is 155 g/mol. The summed E-state index contributed by atoms with van der Waals surface area (Å²) in [4.78, 5) is 0.336. The molecule has 2 nitrogen and oxygen atoms in total. The van der Waals surface area contributed by atoms with Crippen molar-refractivity contribution in [2.75, 3.05) is 0 Å². The van der Waals surface area contributed by atoms with E-state index in [-0.39, 0.29) is 5.92 Å². The fraction of sp³-hybridized carbons (Fsp3) is 0.286. The average Bonchev–Trinajstić information content (AvgIpc) is 1.88. The Morgan fingerprint density at radius 2 is 2.30 bits per heavy atom. The summed E-state index contributed by atoms with van der Waals surface area (Å²) < 4.78 is 20.8. The summed E-state index contributed by atoms with van der Waals surface area (Å²) in [5.41, 5.74) is 0. The van der Waals surface area contributed by atoms with Gasteiger partial charge in [-0.25, -0.2) is 0 Å². The summed E-state index contributed by atoms with van der Waals surface area (Å²) in [5, 5.41) is 0. The van der Waals surface area contributed by atoms with Crippen LogP contribution in [0.2, 0.25) is 0 Å². The molecule has 0 spiro atoms. The highest BCUT2D eigenvalue weighted by molar-refractivity contribution is 7.73. The van der Waals surface area contributed by atoms with Crippen molar-refractivity contribution < 1.29 is 8.42 Å². The average molecular weight is 155 g/mol. The van der Waals surface area contributed by atoms with Crippen molar-refractivity contribution in [2.45, 2.75) is 6.92 Å². The Balaban J connectivity index is 3.15. The molecule has 0 aromatic carbocycles. The van der Waals surface area contributed by atoms with Crippen LogP contribution >= 0.6 is 0 Å². The third-order valence-electron chi connectivity index (χ3n) is 1.31. The van der Waals surface area contributed by atoms with E-state index in [9.17, 15) is 8.42 Å². The lowest BCUT2D eigenvalue weighted by atomic mass is 10.0. The minimum Gasteiger partial charge on any atom is -0.184 e. The highest BCUT2D eigenvalue weighted by Crippen LogP contribution is 2.05. The summed E-state index contributed by atoms with van der Waals surface area (Å²) in [6.07, 6.45) is 7.88. The third kappa shape index (κ3) is 1.36. The van der Waals surface area contributed by atoms with Crippen LogP contribution in [0.1, 0.15) is 6.92 Å². The molecule has 0 heterocycles. The van der Waals surface area contributed by atoms with Crippen molar-refractivity contribution in [1.29, 1.82) is 0 Å². The summed E-state index contributed by atoms with van der Waals surface area (Å²) in [5.74, 6) is -0.0247. The topological polar surface area (TPSA) is 34.1 Å². The Bertz CT molecular complexity index is 298. The van der Waals surface area contributed by atoms with Crippen molar-refractivity contribution in [2.24, 2.45) is 5.92 Å². The van der Waals surface area contributed by atoms with E-state index in [0.717, 1.165) is 0 Å². The lowest BCUT2D eigenvalue weighted by Gasteiger charge is -2.03. The molecule has 1 aliphatic rings. The maximum Gasteiger partial charge on any atom is 0.218 e. The molecule has 1 unspecified atom stereocenters. The molecule has 0 saturated carbocycles. The van der Waals surface area contributed by atoms with Gasteiger partial charge in [0.25, 0.3) is 0 Å². The molecule has 1 rings (SSSR count). The van der Waals surface area contributed by atoms with E-state index < -0.39 is 10.3 Å². The van der Waals surface area contributed by atoms with E-state index in [0.29, 0.717) is 4.86 Å². The first-order chi connectivity index (χ1) is 4.72. The Morgan fingerprint density at radius 1 is 1.60 bits per heavy atom. The molecule has 1 radical (unpaired) electrons. The van der Waals surface area contributed by atoms with E-state index in [1.165, 1.54) is 0 Å². The third-order valence-corrected chi connectivity index (χ3v) is 2.16. The molecular formula is C7H7O2S. The van der Waals surface area contributed by atoms with Crippen molar-refractivity contribution in [3.8, 4) is 0 Å². The smallest absolute Gasteiger partial charge is 0.184 e. The summed E-state index contributed by atoms with van der Waals surface area (Å²) in [6.45, 7) is 1.82. The van der Waals surface area contributed by atoms with Crippen molar-refractivity contribution in [1.82, 2.24) is 0 Å². The van der Waals surface area contributed by atoms with Crippen LogP contribution in [0, 0.1) is 12.0 Å². The summed E-state index contributed by atoms with van der Waals surface area (Å²) >= 11 is 0. The molecule has 0 aromatic heterocycles. The Labute approximate surface area is 61.4 Å².